The summed E-state index contributed by atoms with van der Waals surface area (Å²) in [6.07, 6.45) is 0. The molecule has 4 nitrogen and oxygen atoms in total. The third kappa shape index (κ3) is 7.30. The van der Waals surface area contributed by atoms with Crippen LogP contribution < -0.4 is 26.2 Å². The van der Waals surface area contributed by atoms with Crippen molar-refractivity contribution in [2.75, 3.05) is 9.80 Å². The molecule has 6 heteroatoms. The maximum absolute atomic E-state index is 6.45. The van der Waals surface area contributed by atoms with Crippen LogP contribution in [0.3, 0.4) is 0 Å². The fraction of sp³-hybridized carbons (Fsp3) is 0.132. The van der Waals surface area contributed by atoms with Crippen molar-refractivity contribution in [1.82, 2.24) is 4.57 Å². The molecule has 0 aliphatic carbocycles. The molecule has 394 valence electrons. The Balaban J connectivity index is 0.973. The number of benzene rings is 11. The molecule has 0 saturated heterocycles. The predicted molar refractivity (Wildman–Crippen MR) is 353 cm³/mol. The fourth-order valence-electron chi connectivity index (χ4n) is 13.9. The van der Waals surface area contributed by atoms with Gasteiger partial charge in [0.05, 0.1) is 16.7 Å². The number of hydrogen-bond acceptors (Lipinski definition) is 4. The highest BCUT2D eigenvalue weighted by molar-refractivity contribution is 7.25. The first-order chi connectivity index (χ1) is 39.7. The number of anilines is 6. The van der Waals surface area contributed by atoms with E-state index >= 15 is 0 Å². The molecule has 5 heterocycles. The molecule has 16 rings (SSSR count). The van der Waals surface area contributed by atoms with Gasteiger partial charge in [0.25, 0.3) is 6.71 Å². The van der Waals surface area contributed by atoms with Crippen LogP contribution in [0, 0.1) is 13.8 Å². The normalized spacial score (nSPS) is 13.3. The third-order valence-corrected chi connectivity index (χ3v) is 19.0. The average molecular weight is 1070 g/mol. The quantitative estimate of drug-likeness (QED) is 0.161. The summed E-state index contributed by atoms with van der Waals surface area (Å²) in [6, 6.07) is 82.4. The van der Waals surface area contributed by atoms with Gasteiger partial charge >= 0.3 is 0 Å². The molecule has 0 atom stereocenters. The summed E-state index contributed by atoms with van der Waals surface area (Å²) in [5.74, 6) is 0. The van der Waals surface area contributed by atoms with Gasteiger partial charge in [0, 0.05) is 75.8 Å². The average Bonchev–Trinajstić information content (AvgIpc) is 1.60. The number of para-hydroxylation sites is 3. The van der Waals surface area contributed by atoms with Crippen LogP contribution in [0.25, 0.3) is 91.9 Å². The van der Waals surface area contributed by atoms with E-state index < -0.39 is 0 Å². The maximum Gasteiger partial charge on any atom is 0.252 e. The van der Waals surface area contributed by atoms with Crippen molar-refractivity contribution < 1.29 is 4.42 Å². The van der Waals surface area contributed by atoms with Gasteiger partial charge in [-0.2, -0.15) is 0 Å². The third-order valence-electron chi connectivity index (χ3n) is 17.9. The number of hydrogen-bond donors (Lipinski definition) is 0. The second-order valence-electron chi connectivity index (χ2n) is 25.0. The number of aryl methyl sites for hydroxylation is 2. The van der Waals surface area contributed by atoms with E-state index in [0.29, 0.717) is 0 Å². The van der Waals surface area contributed by atoms with E-state index in [0.717, 1.165) is 33.3 Å². The lowest BCUT2D eigenvalue weighted by Crippen LogP contribution is -2.61. The lowest BCUT2D eigenvalue weighted by Gasteiger charge is -2.46. The molecule has 14 aromatic rings. The smallest absolute Gasteiger partial charge is 0.252 e. The zero-order valence-electron chi connectivity index (χ0n) is 47.5. The molecule has 2 aliphatic heterocycles. The van der Waals surface area contributed by atoms with Crippen molar-refractivity contribution in [1.29, 1.82) is 0 Å². The highest BCUT2D eigenvalue weighted by Crippen LogP contribution is 2.50. The number of thiophene rings is 1. The Morgan fingerprint density at radius 1 is 0.402 bits per heavy atom. The van der Waals surface area contributed by atoms with E-state index in [9.17, 15) is 0 Å². The van der Waals surface area contributed by atoms with Crippen molar-refractivity contribution in [2.45, 2.75) is 66.2 Å². The van der Waals surface area contributed by atoms with Gasteiger partial charge in [-0.25, -0.2) is 0 Å². The van der Waals surface area contributed by atoms with Crippen LogP contribution in [0.1, 0.15) is 63.8 Å². The molecule has 0 unspecified atom stereocenters. The van der Waals surface area contributed by atoms with Gasteiger partial charge in [-0.3, -0.25) is 0 Å². The standard InChI is InChI=1S/C76H60BN3OS/c1-45-37-49(54-24-18-27-69-72(54)57-23-13-16-26-68(57)81-69)38-46(2)74(45)80-63-35-32-50(75(3,4)5)40-60(63)77-61-43-58-55-21-12-15-25-62(55)78(52-19-10-9-11-20-52)64(58)44-65(61)79(66-41-51(76(6,7)8)42-67(80)73(66)77)53-33-29-47(30-34-53)48-31-36-71-59(39-48)56-22-14-17-28-70(56)82-71/h9-44H,1-8H3. The number of nitrogens with zero attached hydrogens (tertiary/aromatic N) is 3. The monoisotopic (exact) mass is 1070 g/mol. The van der Waals surface area contributed by atoms with Gasteiger partial charge in [0.2, 0.25) is 0 Å². The number of aromatic nitrogens is 1. The lowest BCUT2D eigenvalue weighted by atomic mass is 9.33. The minimum absolute atomic E-state index is 0.0830. The fourth-order valence-corrected chi connectivity index (χ4v) is 15.0. The Hall–Kier alpha value is -9.10. The van der Waals surface area contributed by atoms with Crippen molar-refractivity contribution >= 4 is 132 Å². The van der Waals surface area contributed by atoms with Crippen LogP contribution in [0.5, 0.6) is 0 Å². The Morgan fingerprint density at radius 3 is 1.82 bits per heavy atom. The van der Waals surface area contributed by atoms with Gasteiger partial charge in [0.15, 0.2) is 0 Å². The second-order valence-corrected chi connectivity index (χ2v) is 26.1. The van der Waals surface area contributed by atoms with Crippen LogP contribution in [0.4, 0.5) is 34.1 Å². The summed E-state index contributed by atoms with van der Waals surface area (Å²) < 4.78 is 11.6. The van der Waals surface area contributed by atoms with E-state index in [1.807, 2.05) is 11.3 Å². The van der Waals surface area contributed by atoms with Gasteiger partial charge in [-0.15, -0.1) is 11.3 Å². The first-order valence-corrected chi connectivity index (χ1v) is 29.7. The summed E-state index contributed by atoms with van der Waals surface area (Å²) in [4.78, 5) is 5.26. The molecular weight excluding hydrogens is 1010 g/mol. The summed E-state index contributed by atoms with van der Waals surface area (Å²) in [7, 11) is 0. The molecule has 82 heavy (non-hydrogen) atoms. The minimum atomic E-state index is -0.187. The van der Waals surface area contributed by atoms with Crippen LogP contribution in [0.15, 0.2) is 223 Å². The lowest BCUT2D eigenvalue weighted by molar-refractivity contribution is 0.590. The van der Waals surface area contributed by atoms with Crippen molar-refractivity contribution in [3.63, 3.8) is 0 Å². The largest absolute Gasteiger partial charge is 0.456 e. The second kappa shape index (κ2) is 17.7. The van der Waals surface area contributed by atoms with Crippen LogP contribution in [0.2, 0.25) is 0 Å². The molecule has 0 spiro atoms. The Bertz CT molecular complexity index is 4970. The van der Waals surface area contributed by atoms with E-state index in [2.05, 4.69) is 288 Å². The molecule has 0 N–H and O–H groups in total. The van der Waals surface area contributed by atoms with E-state index in [4.69, 9.17) is 4.42 Å². The first-order valence-electron chi connectivity index (χ1n) is 28.8. The van der Waals surface area contributed by atoms with Gasteiger partial charge < -0.3 is 18.8 Å². The SMILES string of the molecule is Cc1cc(-c2cccc3oc4ccccc4c23)cc(C)c1N1c2ccc(C(C)(C)C)cc2B2c3cc4c5ccccc5n(-c5ccccc5)c4cc3N(c3ccc(-c4ccc5sc6ccccc6c5c4)cc3)c3cc(C(C)(C)C)cc1c32. The Labute approximate surface area is 483 Å². The summed E-state index contributed by atoms with van der Waals surface area (Å²) in [6.45, 7) is 18.7. The number of rotatable bonds is 5. The van der Waals surface area contributed by atoms with Crippen LogP contribution >= 0.6 is 11.3 Å². The topological polar surface area (TPSA) is 24.6 Å². The van der Waals surface area contributed by atoms with Crippen molar-refractivity contribution in [3.8, 4) is 27.9 Å². The molecule has 11 aromatic carbocycles. The Morgan fingerprint density at radius 2 is 1.05 bits per heavy atom. The molecule has 0 amide bonds. The molecule has 0 bridgehead atoms. The summed E-state index contributed by atoms with van der Waals surface area (Å²) in [5.41, 5.74) is 26.0. The first kappa shape index (κ1) is 48.8. The summed E-state index contributed by atoms with van der Waals surface area (Å²) in [5, 5.41) is 7.41. The molecule has 2 aliphatic rings. The maximum atomic E-state index is 6.45. The van der Waals surface area contributed by atoms with E-state index in [-0.39, 0.29) is 17.5 Å². The predicted octanol–water partition coefficient (Wildman–Crippen LogP) is 19.7. The Kier molecular flexibility index (Phi) is 10.5. The van der Waals surface area contributed by atoms with Crippen LogP contribution in [-0.4, -0.2) is 11.3 Å². The highest BCUT2D eigenvalue weighted by atomic mass is 32.1. The minimum Gasteiger partial charge on any atom is -0.456 e. The van der Waals surface area contributed by atoms with Gasteiger partial charge in [0.1, 0.15) is 11.2 Å². The molecule has 0 fully saturated rings. The zero-order valence-corrected chi connectivity index (χ0v) is 48.3. The van der Waals surface area contributed by atoms with Gasteiger partial charge in [-0.1, -0.05) is 163 Å². The van der Waals surface area contributed by atoms with Crippen molar-refractivity contribution in [2.24, 2.45) is 0 Å². The van der Waals surface area contributed by atoms with Gasteiger partial charge in [-0.05, 0) is 183 Å². The highest BCUT2D eigenvalue weighted by Gasteiger charge is 2.45. The molecular formula is C76H60BN3OS. The summed E-state index contributed by atoms with van der Waals surface area (Å²) >= 11 is 1.87. The zero-order chi connectivity index (χ0) is 55.5. The van der Waals surface area contributed by atoms with Crippen molar-refractivity contribution in [3.05, 3.63) is 241 Å². The molecule has 0 radical (unpaired) electrons. The van der Waals surface area contributed by atoms with E-state index in [1.54, 1.807) is 0 Å². The molecule has 0 saturated carbocycles. The molecule has 3 aromatic heterocycles. The number of furan rings is 1. The number of fused-ring (bicyclic) bond motifs is 13. The van der Waals surface area contributed by atoms with Crippen LogP contribution in [-0.2, 0) is 10.8 Å². The van der Waals surface area contributed by atoms with E-state index in [1.165, 1.54) is 131 Å².